The number of likely N-dealkylation sites (N-methyl/N-ethyl adjacent to an activating group) is 1. The minimum Gasteiger partial charge on any atom is -0.310 e. The van der Waals surface area contributed by atoms with Gasteiger partial charge in [-0.3, -0.25) is 4.68 Å². The largest absolute Gasteiger partial charge is 0.310 e. The van der Waals surface area contributed by atoms with E-state index in [0.29, 0.717) is 10.0 Å². The number of hydrogen-bond donors (Lipinski definition) is 1. The highest BCUT2D eigenvalue weighted by molar-refractivity contribution is 6.42. The molecule has 0 saturated heterocycles. The maximum atomic E-state index is 6.33. The molecule has 1 N–H and O–H groups in total. The average molecular weight is 326 g/mol. The summed E-state index contributed by atoms with van der Waals surface area (Å²) in [6.07, 6.45) is 0.792. The number of aromatic nitrogens is 2. The minimum atomic E-state index is 0.180. The van der Waals surface area contributed by atoms with Crippen LogP contribution in [0, 0.1) is 13.8 Å². The van der Waals surface area contributed by atoms with Crippen molar-refractivity contribution in [1.82, 2.24) is 15.1 Å². The van der Waals surface area contributed by atoms with Gasteiger partial charge in [0.15, 0.2) is 0 Å². The molecule has 5 heteroatoms. The Hall–Kier alpha value is -1.03. The summed E-state index contributed by atoms with van der Waals surface area (Å²) in [4.78, 5) is 0. The highest BCUT2D eigenvalue weighted by atomic mass is 35.5. The third-order valence-corrected chi connectivity index (χ3v) is 4.68. The number of nitrogens with one attached hydrogen (secondary N) is 1. The lowest BCUT2D eigenvalue weighted by molar-refractivity contribution is 0.544. The van der Waals surface area contributed by atoms with Crippen LogP contribution in [-0.2, 0) is 13.5 Å². The molecule has 21 heavy (non-hydrogen) atoms. The van der Waals surface area contributed by atoms with Crippen LogP contribution in [0.1, 0.15) is 35.5 Å². The normalized spacial score (nSPS) is 12.7. The highest BCUT2D eigenvalue weighted by Gasteiger charge is 2.21. The first-order valence-corrected chi connectivity index (χ1v) is 7.87. The number of halogens is 2. The van der Waals surface area contributed by atoms with Crippen LogP contribution < -0.4 is 5.32 Å². The number of benzene rings is 1. The van der Waals surface area contributed by atoms with Gasteiger partial charge in [0, 0.05) is 24.3 Å². The van der Waals surface area contributed by atoms with E-state index in [1.165, 1.54) is 11.3 Å². The first kappa shape index (κ1) is 16.3. The average Bonchev–Trinajstić information content (AvgIpc) is 2.68. The zero-order chi connectivity index (χ0) is 15.6. The van der Waals surface area contributed by atoms with Gasteiger partial charge in [-0.1, -0.05) is 42.3 Å². The number of aryl methyl sites for hydroxylation is 2. The lowest BCUT2D eigenvalue weighted by atomic mass is 9.97. The summed E-state index contributed by atoms with van der Waals surface area (Å²) in [6.45, 7) is 7.13. The van der Waals surface area contributed by atoms with Crippen LogP contribution in [0.25, 0.3) is 0 Å². The van der Waals surface area contributed by atoms with E-state index >= 15 is 0 Å². The molecular formula is C16H21Cl2N3. The molecule has 2 aromatic rings. The number of nitrogens with zero attached hydrogens (tertiary/aromatic N) is 2. The second-order valence-corrected chi connectivity index (χ2v) is 6.02. The summed E-state index contributed by atoms with van der Waals surface area (Å²) in [6, 6.07) is 5.96. The van der Waals surface area contributed by atoms with Crippen molar-refractivity contribution in [3.63, 3.8) is 0 Å². The van der Waals surface area contributed by atoms with Gasteiger partial charge in [-0.2, -0.15) is 5.10 Å². The van der Waals surface area contributed by atoms with Gasteiger partial charge in [-0.05, 0) is 38.4 Å². The van der Waals surface area contributed by atoms with Crippen LogP contribution in [0.5, 0.6) is 0 Å². The molecule has 0 radical (unpaired) electrons. The van der Waals surface area contributed by atoms with Crippen molar-refractivity contribution in [3.8, 4) is 0 Å². The van der Waals surface area contributed by atoms with Crippen molar-refractivity contribution in [3.05, 3.63) is 50.8 Å². The zero-order valence-electron chi connectivity index (χ0n) is 12.9. The van der Waals surface area contributed by atoms with Crippen molar-refractivity contribution in [2.45, 2.75) is 33.2 Å². The van der Waals surface area contributed by atoms with Gasteiger partial charge in [0.2, 0.25) is 0 Å². The SMILES string of the molecule is CCNC(Cc1cccc(Cl)c1Cl)c1c(C)nn(C)c1C. The van der Waals surface area contributed by atoms with Crippen molar-refractivity contribution in [1.29, 1.82) is 0 Å². The summed E-state index contributed by atoms with van der Waals surface area (Å²) in [7, 11) is 1.97. The molecule has 1 atom stereocenters. The van der Waals surface area contributed by atoms with Gasteiger partial charge in [-0.15, -0.1) is 0 Å². The molecule has 0 fully saturated rings. The Morgan fingerprint density at radius 1 is 1.29 bits per heavy atom. The predicted octanol–water partition coefficient (Wildman–Crippen LogP) is 4.24. The Kier molecular flexibility index (Phi) is 5.31. The van der Waals surface area contributed by atoms with Gasteiger partial charge in [-0.25, -0.2) is 0 Å². The van der Waals surface area contributed by atoms with Crippen LogP contribution >= 0.6 is 23.2 Å². The highest BCUT2D eigenvalue weighted by Crippen LogP contribution is 2.31. The van der Waals surface area contributed by atoms with E-state index in [1.54, 1.807) is 0 Å². The maximum absolute atomic E-state index is 6.33. The molecule has 1 aromatic heterocycles. The van der Waals surface area contributed by atoms with Crippen molar-refractivity contribution in [2.75, 3.05) is 6.54 Å². The number of hydrogen-bond acceptors (Lipinski definition) is 2. The van der Waals surface area contributed by atoms with Crippen molar-refractivity contribution >= 4 is 23.2 Å². The van der Waals surface area contributed by atoms with Crippen LogP contribution in [-0.4, -0.2) is 16.3 Å². The van der Waals surface area contributed by atoms with Crippen LogP contribution in [0.2, 0.25) is 10.0 Å². The van der Waals surface area contributed by atoms with Crippen molar-refractivity contribution in [2.24, 2.45) is 7.05 Å². The Bertz CT molecular complexity index is 635. The van der Waals surface area contributed by atoms with Gasteiger partial charge < -0.3 is 5.32 Å². The summed E-state index contributed by atoms with van der Waals surface area (Å²) in [5, 5.41) is 9.29. The molecule has 2 rings (SSSR count). The molecule has 0 aliphatic rings. The molecule has 0 bridgehead atoms. The Balaban J connectivity index is 2.38. The Labute approximate surface area is 136 Å². The van der Waals surface area contributed by atoms with Crippen LogP contribution in [0.15, 0.2) is 18.2 Å². The summed E-state index contributed by atoms with van der Waals surface area (Å²) < 4.78 is 1.93. The molecule has 114 valence electrons. The lowest BCUT2D eigenvalue weighted by Gasteiger charge is -2.20. The Morgan fingerprint density at radius 2 is 2.00 bits per heavy atom. The third-order valence-electron chi connectivity index (χ3n) is 3.82. The molecule has 3 nitrogen and oxygen atoms in total. The molecule has 0 aliphatic heterocycles. The van der Waals surface area contributed by atoms with E-state index < -0.39 is 0 Å². The summed E-state index contributed by atoms with van der Waals surface area (Å²) in [5.41, 5.74) is 4.53. The summed E-state index contributed by atoms with van der Waals surface area (Å²) >= 11 is 12.4. The molecular weight excluding hydrogens is 305 g/mol. The molecule has 0 saturated carbocycles. The van der Waals surface area contributed by atoms with Gasteiger partial charge >= 0.3 is 0 Å². The molecule has 0 aliphatic carbocycles. The zero-order valence-corrected chi connectivity index (χ0v) is 14.4. The molecule has 1 unspecified atom stereocenters. The summed E-state index contributed by atoms with van der Waals surface area (Å²) in [5.74, 6) is 0. The van der Waals surface area contributed by atoms with E-state index in [9.17, 15) is 0 Å². The second kappa shape index (κ2) is 6.82. The Morgan fingerprint density at radius 3 is 2.57 bits per heavy atom. The third kappa shape index (κ3) is 3.42. The van der Waals surface area contributed by atoms with E-state index in [1.807, 2.05) is 36.9 Å². The maximum Gasteiger partial charge on any atom is 0.0644 e. The monoisotopic (exact) mass is 325 g/mol. The standard InChI is InChI=1S/C16H21Cl2N3/c1-5-19-14(15-10(2)20-21(4)11(15)3)9-12-7-6-8-13(17)16(12)18/h6-8,14,19H,5,9H2,1-4H3. The van der Waals surface area contributed by atoms with Crippen LogP contribution in [0.3, 0.4) is 0 Å². The number of rotatable bonds is 5. The van der Waals surface area contributed by atoms with Gasteiger partial charge in [0.25, 0.3) is 0 Å². The van der Waals surface area contributed by atoms with Gasteiger partial charge in [0.1, 0.15) is 0 Å². The molecule has 0 amide bonds. The second-order valence-electron chi connectivity index (χ2n) is 5.24. The molecule has 1 heterocycles. The fraction of sp³-hybridized carbons (Fsp3) is 0.438. The predicted molar refractivity (Wildman–Crippen MR) is 89.3 cm³/mol. The molecule has 1 aromatic carbocycles. The fourth-order valence-electron chi connectivity index (χ4n) is 2.74. The topological polar surface area (TPSA) is 29.9 Å². The van der Waals surface area contributed by atoms with Crippen LogP contribution in [0.4, 0.5) is 0 Å². The minimum absolute atomic E-state index is 0.180. The van der Waals surface area contributed by atoms with Gasteiger partial charge in [0.05, 0.1) is 15.7 Å². The smallest absolute Gasteiger partial charge is 0.0644 e. The first-order valence-electron chi connectivity index (χ1n) is 7.12. The lowest BCUT2D eigenvalue weighted by Crippen LogP contribution is -2.24. The molecule has 0 spiro atoms. The van der Waals surface area contributed by atoms with E-state index in [-0.39, 0.29) is 6.04 Å². The first-order chi connectivity index (χ1) is 9.95. The van der Waals surface area contributed by atoms with Crippen molar-refractivity contribution < 1.29 is 0 Å². The van der Waals surface area contributed by atoms with E-state index in [0.717, 1.165) is 24.2 Å². The van der Waals surface area contributed by atoms with E-state index in [2.05, 4.69) is 24.3 Å². The fourth-order valence-corrected chi connectivity index (χ4v) is 3.14. The quantitative estimate of drug-likeness (QED) is 0.891. The van der Waals surface area contributed by atoms with E-state index in [4.69, 9.17) is 23.2 Å².